The van der Waals surface area contributed by atoms with E-state index in [1.807, 2.05) is 12.1 Å². The lowest BCUT2D eigenvalue weighted by Crippen LogP contribution is -2.39. The molecule has 2 saturated heterocycles. The fourth-order valence-electron chi connectivity index (χ4n) is 5.85. The minimum atomic E-state index is -0.0770. The number of fused-ring (bicyclic) bond motifs is 1. The number of hydrogen-bond acceptors (Lipinski definition) is 4. The van der Waals surface area contributed by atoms with Gasteiger partial charge in [0.15, 0.2) is 0 Å². The zero-order valence-corrected chi connectivity index (χ0v) is 23.3. The smallest absolute Gasteiger partial charge is 0.251 e. The molecule has 0 spiro atoms. The number of carbonyl (C=O) groups is 1. The lowest BCUT2D eigenvalue weighted by molar-refractivity contribution is 0.0946. The van der Waals surface area contributed by atoms with Crippen LogP contribution in [0.3, 0.4) is 0 Å². The van der Waals surface area contributed by atoms with Gasteiger partial charge in [0.25, 0.3) is 5.91 Å². The van der Waals surface area contributed by atoms with Gasteiger partial charge < -0.3 is 15.0 Å². The van der Waals surface area contributed by atoms with Gasteiger partial charge in [0.1, 0.15) is 11.9 Å². The minimum absolute atomic E-state index is 0.0770. The zero-order valence-electron chi connectivity index (χ0n) is 22.5. The fraction of sp³-hybridized carbons (Fsp3) is 0.469. The lowest BCUT2D eigenvalue weighted by Gasteiger charge is -2.33. The first kappa shape index (κ1) is 27.0. The Morgan fingerprint density at radius 1 is 1.00 bits per heavy atom. The number of piperidine rings is 2. The second kappa shape index (κ2) is 13.0. The Morgan fingerprint density at radius 2 is 1.82 bits per heavy atom. The Kier molecular flexibility index (Phi) is 9.21. The first-order valence-corrected chi connectivity index (χ1v) is 14.6. The molecule has 5 rings (SSSR count). The predicted molar refractivity (Wildman–Crippen MR) is 156 cm³/mol. The quantitative estimate of drug-likeness (QED) is 0.317. The van der Waals surface area contributed by atoms with E-state index in [2.05, 4.69) is 64.5 Å². The van der Waals surface area contributed by atoms with Crippen molar-refractivity contribution in [2.75, 3.05) is 32.7 Å². The highest BCUT2D eigenvalue weighted by molar-refractivity contribution is 6.32. The molecule has 2 heterocycles. The van der Waals surface area contributed by atoms with Crippen LogP contribution in [0.2, 0.25) is 5.02 Å². The van der Waals surface area contributed by atoms with E-state index in [0.717, 1.165) is 45.4 Å². The third-order valence-electron chi connectivity index (χ3n) is 8.14. The molecule has 1 N–H and O–H groups in total. The molecule has 0 unspecified atom stereocenters. The number of carbonyl (C=O) groups excluding carboxylic acids is 1. The summed E-state index contributed by atoms with van der Waals surface area (Å²) < 4.78 is 6.27. The van der Waals surface area contributed by atoms with Crippen molar-refractivity contribution in [2.24, 2.45) is 0 Å². The average molecular weight is 534 g/mol. The maximum Gasteiger partial charge on any atom is 0.251 e. The van der Waals surface area contributed by atoms with Crippen LogP contribution in [0.15, 0.2) is 60.7 Å². The van der Waals surface area contributed by atoms with Gasteiger partial charge in [-0.25, -0.2) is 0 Å². The molecular formula is C32H40ClN3O2. The van der Waals surface area contributed by atoms with Crippen molar-refractivity contribution in [3.05, 3.63) is 76.8 Å². The largest absolute Gasteiger partial charge is 0.489 e. The molecule has 3 aromatic rings. The summed E-state index contributed by atoms with van der Waals surface area (Å²) in [5, 5.41) is 6.17. The molecule has 0 radical (unpaired) electrons. The van der Waals surface area contributed by atoms with Gasteiger partial charge in [0.05, 0.1) is 5.02 Å². The molecule has 0 aliphatic carbocycles. The van der Waals surface area contributed by atoms with Gasteiger partial charge in [-0.1, -0.05) is 60.5 Å². The number of rotatable bonds is 9. The molecule has 1 amide bonds. The van der Waals surface area contributed by atoms with E-state index in [1.165, 1.54) is 42.1 Å². The van der Waals surface area contributed by atoms with Crippen molar-refractivity contribution in [1.29, 1.82) is 0 Å². The van der Waals surface area contributed by atoms with E-state index >= 15 is 0 Å². The van der Waals surface area contributed by atoms with Crippen LogP contribution in [0.1, 0.15) is 61.4 Å². The number of ether oxygens (including phenoxy) is 1. The van der Waals surface area contributed by atoms with Crippen molar-refractivity contribution < 1.29 is 9.53 Å². The Hall–Kier alpha value is -2.60. The van der Waals surface area contributed by atoms with Crippen LogP contribution in [0.25, 0.3) is 10.8 Å². The summed E-state index contributed by atoms with van der Waals surface area (Å²) in [7, 11) is 0. The average Bonchev–Trinajstić information content (AvgIpc) is 2.94. The van der Waals surface area contributed by atoms with Gasteiger partial charge in [-0.15, -0.1) is 0 Å². The predicted octanol–water partition coefficient (Wildman–Crippen LogP) is 6.53. The van der Waals surface area contributed by atoms with E-state index in [9.17, 15) is 4.79 Å². The summed E-state index contributed by atoms with van der Waals surface area (Å²) in [4.78, 5) is 17.7. The highest BCUT2D eigenvalue weighted by Crippen LogP contribution is 2.29. The van der Waals surface area contributed by atoms with E-state index < -0.39 is 0 Å². The summed E-state index contributed by atoms with van der Waals surface area (Å²) in [6.45, 7) is 8.12. The van der Waals surface area contributed by atoms with Crippen LogP contribution < -0.4 is 10.1 Å². The summed E-state index contributed by atoms with van der Waals surface area (Å²) in [6, 6.07) is 21.2. The van der Waals surface area contributed by atoms with Gasteiger partial charge in [-0.05, 0) is 80.1 Å². The SMILES string of the molecule is C[C@H]1CCCCN1CCCNC(=O)c1ccc(OC2CCN(Cc3cccc4ccccc34)CC2)c(Cl)c1. The zero-order chi connectivity index (χ0) is 26.3. The molecule has 0 aromatic heterocycles. The van der Waals surface area contributed by atoms with Crippen molar-refractivity contribution in [1.82, 2.24) is 15.1 Å². The summed E-state index contributed by atoms with van der Waals surface area (Å²) in [5.74, 6) is 0.585. The van der Waals surface area contributed by atoms with E-state index in [-0.39, 0.29) is 12.0 Å². The third-order valence-corrected chi connectivity index (χ3v) is 8.44. The van der Waals surface area contributed by atoms with Crippen LogP contribution in [0.4, 0.5) is 0 Å². The number of halogens is 1. The number of nitrogens with one attached hydrogen (secondary N) is 1. The Balaban J connectivity index is 1.07. The van der Waals surface area contributed by atoms with Gasteiger partial charge in [0.2, 0.25) is 0 Å². The number of nitrogens with zero attached hydrogens (tertiary/aromatic N) is 2. The van der Waals surface area contributed by atoms with Gasteiger partial charge in [-0.3, -0.25) is 9.69 Å². The molecule has 1 atom stereocenters. The minimum Gasteiger partial charge on any atom is -0.489 e. The molecule has 2 fully saturated rings. The highest BCUT2D eigenvalue weighted by atomic mass is 35.5. The number of likely N-dealkylation sites (tertiary alicyclic amines) is 2. The fourth-order valence-corrected chi connectivity index (χ4v) is 6.07. The Labute approximate surface area is 232 Å². The second-order valence-corrected chi connectivity index (χ2v) is 11.3. The van der Waals surface area contributed by atoms with Gasteiger partial charge >= 0.3 is 0 Å². The maximum atomic E-state index is 12.7. The van der Waals surface area contributed by atoms with Crippen molar-refractivity contribution in [3.63, 3.8) is 0 Å². The standard InChI is InChI=1S/C32H40ClN3O2/c1-24-8-4-5-18-36(24)19-7-17-34-32(37)26-13-14-31(30(33)22-26)38-28-15-20-35(21-16-28)23-27-11-6-10-25-9-2-3-12-29(25)27/h2-3,6,9-14,22,24,28H,4-5,7-8,15-21,23H2,1H3,(H,34,37)/t24-/m0/s1. The molecule has 3 aromatic carbocycles. The molecule has 0 bridgehead atoms. The monoisotopic (exact) mass is 533 g/mol. The topological polar surface area (TPSA) is 44.8 Å². The van der Waals surface area contributed by atoms with E-state index in [0.29, 0.717) is 28.9 Å². The summed E-state index contributed by atoms with van der Waals surface area (Å²) in [5.41, 5.74) is 1.96. The number of hydrogen-bond donors (Lipinski definition) is 1. The van der Waals surface area contributed by atoms with Crippen LogP contribution in [-0.2, 0) is 6.54 Å². The third kappa shape index (κ3) is 6.88. The van der Waals surface area contributed by atoms with E-state index in [4.69, 9.17) is 16.3 Å². The molecule has 202 valence electrons. The highest BCUT2D eigenvalue weighted by Gasteiger charge is 2.22. The summed E-state index contributed by atoms with van der Waals surface area (Å²) in [6.07, 6.45) is 6.91. The van der Waals surface area contributed by atoms with Crippen molar-refractivity contribution >= 4 is 28.3 Å². The number of amides is 1. The lowest BCUT2D eigenvalue weighted by atomic mass is 10.0. The van der Waals surface area contributed by atoms with Gasteiger partial charge in [-0.2, -0.15) is 0 Å². The molecule has 0 saturated carbocycles. The molecule has 2 aliphatic heterocycles. The molecular weight excluding hydrogens is 494 g/mol. The van der Waals surface area contributed by atoms with Gasteiger partial charge in [0, 0.05) is 44.3 Å². The molecule has 2 aliphatic rings. The first-order valence-electron chi connectivity index (χ1n) is 14.2. The normalized spacial score (nSPS) is 19.5. The van der Waals surface area contributed by atoms with E-state index in [1.54, 1.807) is 6.07 Å². The van der Waals surface area contributed by atoms with Crippen LogP contribution >= 0.6 is 11.6 Å². The molecule has 6 heteroatoms. The Morgan fingerprint density at radius 3 is 2.63 bits per heavy atom. The van der Waals surface area contributed by atoms with Crippen LogP contribution in [-0.4, -0.2) is 60.6 Å². The summed E-state index contributed by atoms with van der Waals surface area (Å²) >= 11 is 6.54. The number of benzene rings is 3. The first-order chi connectivity index (χ1) is 18.6. The second-order valence-electron chi connectivity index (χ2n) is 10.9. The Bertz CT molecular complexity index is 1220. The molecule has 5 nitrogen and oxygen atoms in total. The molecule has 38 heavy (non-hydrogen) atoms. The van der Waals surface area contributed by atoms with Crippen LogP contribution in [0.5, 0.6) is 5.75 Å². The van der Waals surface area contributed by atoms with Crippen molar-refractivity contribution in [2.45, 2.75) is 64.1 Å². The van der Waals surface area contributed by atoms with Crippen molar-refractivity contribution in [3.8, 4) is 5.75 Å². The van der Waals surface area contributed by atoms with Crippen LogP contribution in [0, 0.1) is 0 Å². The maximum absolute atomic E-state index is 12.7.